The molecule has 1 aliphatic rings. The van der Waals surface area contributed by atoms with Crippen LogP contribution in [0.2, 0.25) is 0 Å². The summed E-state index contributed by atoms with van der Waals surface area (Å²) in [6.45, 7) is 4.67. The van der Waals surface area contributed by atoms with Gasteiger partial charge in [-0.1, -0.05) is 18.2 Å². The first-order chi connectivity index (χ1) is 15.5. The quantitative estimate of drug-likeness (QED) is 0.497. The van der Waals surface area contributed by atoms with E-state index in [-0.39, 0.29) is 17.9 Å². The molecular formula is C24H27N5O2S. The number of nitrogens with zero attached hydrogens (tertiary/aromatic N) is 2. The van der Waals surface area contributed by atoms with E-state index in [4.69, 9.17) is 0 Å². The van der Waals surface area contributed by atoms with Gasteiger partial charge in [0.05, 0.1) is 10.7 Å². The van der Waals surface area contributed by atoms with Crippen LogP contribution in [0.3, 0.4) is 0 Å². The third-order valence-electron chi connectivity index (χ3n) is 5.45. The maximum atomic E-state index is 12.7. The molecule has 0 spiro atoms. The van der Waals surface area contributed by atoms with E-state index < -0.39 is 0 Å². The summed E-state index contributed by atoms with van der Waals surface area (Å²) in [7, 11) is 0. The van der Waals surface area contributed by atoms with Crippen molar-refractivity contribution < 1.29 is 9.59 Å². The van der Waals surface area contributed by atoms with Gasteiger partial charge in [-0.15, -0.1) is 11.3 Å². The number of hydrogen-bond donors (Lipinski definition) is 3. The minimum Gasteiger partial charge on any atom is -0.326 e. The van der Waals surface area contributed by atoms with E-state index >= 15 is 0 Å². The van der Waals surface area contributed by atoms with Crippen molar-refractivity contribution in [3.63, 3.8) is 0 Å². The zero-order valence-electron chi connectivity index (χ0n) is 18.0. The summed E-state index contributed by atoms with van der Waals surface area (Å²) in [5.41, 5.74) is 3.22. The molecule has 2 heterocycles. The molecule has 1 saturated heterocycles. The first-order valence-electron chi connectivity index (χ1n) is 10.7. The molecule has 166 valence electrons. The summed E-state index contributed by atoms with van der Waals surface area (Å²) in [6, 6.07) is 16.1. The first kappa shape index (κ1) is 22.0. The van der Waals surface area contributed by atoms with Crippen LogP contribution in [0.1, 0.15) is 23.5 Å². The van der Waals surface area contributed by atoms with Gasteiger partial charge in [0.15, 0.2) is 0 Å². The Hall–Kier alpha value is -3.23. The van der Waals surface area contributed by atoms with Crippen LogP contribution in [0.5, 0.6) is 0 Å². The highest BCUT2D eigenvalue weighted by Crippen LogP contribution is 2.22. The number of aromatic nitrogens is 1. The number of carbonyl (C=O) groups excluding carboxylic acids is 2. The summed E-state index contributed by atoms with van der Waals surface area (Å²) >= 11 is 1.68. The lowest BCUT2D eigenvalue weighted by Gasteiger charge is -2.30. The number of anilines is 3. The molecule has 0 atom stereocenters. The zero-order valence-corrected chi connectivity index (χ0v) is 18.8. The van der Waals surface area contributed by atoms with Gasteiger partial charge >= 0.3 is 6.03 Å². The Morgan fingerprint density at radius 1 is 0.938 bits per heavy atom. The number of para-hydroxylation sites is 1. The van der Waals surface area contributed by atoms with Crippen molar-refractivity contribution in [3.05, 3.63) is 70.7 Å². The Balaban J connectivity index is 1.22. The van der Waals surface area contributed by atoms with Crippen LogP contribution < -0.4 is 16.0 Å². The fourth-order valence-electron chi connectivity index (χ4n) is 3.76. The maximum Gasteiger partial charge on any atom is 0.323 e. The number of likely N-dealkylation sites (tertiary alicyclic amines) is 1. The van der Waals surface area contributed by atoms with Gasteiger partial charge in [0.25, 0.3) is 0 Å². The average Bonchev–Trinajstić information content (AvgIpc) is 3.20. The predicted molar refractivity (Wildman–Crippen MR) is 129 cm³/mol. The van der Waals surface area contributed by atoms with Gasteiger partial charge in [-0.2, -0.15) is 0 Å². The number of amides is 3. The molecule has 0 bridgehead atoms. The van der Waals surface area contributed by atoms with E-state index in [0.717, 1.165) is 54.6 Å². The summed E-state index contributed by atoms with van der Waals surface area (Å²) in [5.74, 6) is 0.0644. The van der Waals surface area contributed by atoms with Gasteiger partial charge in [-0.05, 0) is 69.3 Å². The molecule has 0 saturated carbocycles. The third-order valence-corrected chi connectivity index (χ3v) is 6.27. The van der Waals surface area contributed by atoms with Crippen molar-refractivity contribution in [2.24, 2.45) is 5.92 Å². The summed E-state index contributed by atoms with van der Waals surface area (Å²) in [6.07, 6.45) is 1.68. The molecule has 1 aromatic heterocycles. The molecule has 1 aliphatic heterocycles. The SMILES string of the molecule is Cc1nc(CN2CCC(C(=O)Nc3ccc(NC(=O)Nc4ccccc4)cc3)CC2)cs1. The van der Waals surface area contributed by atoms with Gasteiger partial charge in [-0.25, -0.2) is 9.78 Å². The van der Waals surface area contributed by atoms with Crippen LogP contribution in [0.4, 0.5) is 21.9 Å². The topological polar surface area (TPSA) is 86.4 Å². The van der Waals surface area contributed by atoms with Crippen molar-refractivity contribution in [3.8, 4) is 0 Å². The number of nitrogens with one attached hydrogen (secondary N) is 3. The number of thiazole rings is 1. The fraction of sp³-hybridized carbons (Fsp3) is 0.292. The number of aryl methyl sites for hydroxylation is 1. The van der Waals surface area contributed by atoms with Gasteiger partial charge in [-0.3, -0.25) is 9.69 Å². The molecule has 3 aromatic rings. The van der Waals surface area contributed by atoms with E-state index in [1.165, 1.54) is 0 Å². The van der Waals surface area contributed by atoms with Crippen LogP contribution >= 0.6 is 11.3 Å². The van der Waals surface area contributed by atoms with Crippen LogP contribution in [-0.2, 0) is 11.3 Å². The highest BCUT2D eigenvalue weighted by molar-refractivity contribution is 7.09. The van der Waals surface area contributed by atoms with Crippen LogP contribution in [0, 0.1) is 12.8 Å². The Labute approximate surface area is 191 Å². The maximum absolute atomic E-state index is 12.7. The molecule has 7 nitrogen and oxygen atoms in total. The summed E-state index contributed by atoms with van der Waals surface area (Å²) in [5, 5.41) is 11.8. The predicted octanol–water partition coefficient (Wildman–Crippen LogP) is 4.95. The van der Waals surface area contributed by atoms with Crippen molar-refractivity contribution >= 4 is 40.3 Å². The Morgan fingerprint density at radius 3 is 2.12 bits per heavy atom. The zero-order chi connectivity index (χ0) is 22.3. The van der Waals surface area contributed by atoms with Crippen molar-refractivity contribution in [2.45, 2.75) is 26.3 Å². The van der Waals surface area contributed by atoms with Crippen molar-refractivity contribution in [1.82, 2.24) is 9.88 Å². The molecule has 0 aliphatic carbocycles. The Bertz CT molecular complexity index is 1040. The van der Waals surface area contributed by atoms with Crippen LogP contribution in [0.25, 0.3) is 0 Å². The monoisotopic (exact) mass is 449 g/mol. The molecule has 3 N–H and O–H groups in total. The van der Waals surface area contributed by atoms with Gasteiger partial charge in [0.1, 0.15) is 0 Å². The number of rotatable bonds is 6. The summed E-state index contributed by atoms with van der Waals surface area (Å²) in [4.78, 5) is 31.7. The second-order valence-electron chi connectivity index (χ2n) is 7.92. The molecule has 3 amide bonds. The number of carbonyl (C=O) groups is 2. The number of hydrogen-bond acceptors (Lipinski definition) is 5. The smallest absolute Gasteiger partial charge is 0.323 e. The molecule has 0 unspecified atom stereocenters. The number of benzene rings is 2. The molecule has 32 heavy (non-hydrogen) atoms. The van der Waals surface area contributed by atoms with E-state index in [1.807, 2.05) is 37.3 Å². The molecular weight excluding hydrogens is 422 g/mol. The molecule has 0 radical (unpaired) electrons. The minimum atomic E-state index is -0.312. The standard InChI is InChI=1S/C24H27N5O2S/c1-17-25-22(16-32-17)15-29-13-11-18(12-14-29)23(30)26-20-7-9-21(10-8-20)28-24(31)27-19-5-3-2-4-6-19/h2-10,16,18H,11-15H2,1H3,(H,26,30)(H2,27,28,31). The molecule has 8 heteroatoms. The highest BCUT2D eigenvalue weighted by Gasteiger charge is 2.25. The minimum absolute atomic E-state index is 0.0119. The fourth-order valence-corrected chi connectivity index (χ4v) is 4.36. The Morgan fingerprint density at radius 2 is 1.53 bits per heavy atom. The second kappa shape index (κ2) is 10.4. The summed E-state index contributed by atoms with van der Waals surface area (Å²) < 4.78 is 0. The largest absolute Gasteiger partial charge is 0.326 e. The molecule has 2 aromatic carbocycles. The van der Waals surface area contributed by atoms with E-state index in [1.54, 1.807) is 35.6 Å². The van der Waals surface area contributed by atoms with E-state index in [2.05, 4.69) is 31.2 Å². The molecule has 4 rings (SSSR count). The lowest BCUT2D eigenvalue weighted by molar-refractivity contribution is -0.121. The third kappa shape index (κ3) is 6.15. The highest BCUT2D eigenvalue weighted by atomic mass is 32.1. The van der Waals surface area contributed by atoms with Crippen LogP contribution in [-0.4, -0.2) is 34.9 Å². The Kier molecular flexibility index (Phi) is 7.14. The van der Waals surface area contributed by atoms with Gasteiger partial charge < -0.3 is 16.0 Å². The van der Waals surface area contributed by atoms with Crippen molar-refractivity contribution in [1.29, 1.82) is 0 Å². The number of urea groups is 1. The van der Waals surface area contributed by atoms with Crippen molar-refractivity contribution in [2.75, 3.05) is 29.0 Å². The van der Waals surface area contributed by atoms with Gasteiger partial charge in [0, 0.05) is 34.9 Å². The lowest BCUT2D eigenvalue weighted by atomic mass is 9.95. The normalized spacial score (nSPS) is 14.7. The van der Waals surface area contributed by atoms with E-state index in [0.29, 0.717) is 5.69 Å². The number of piperidine rings is 1. The average molecular weight is 450 g/mol. The first-order valence-corrected chi connectivity index (χ1v) is 11.6. The lowest BCUT2D eigenvalue weighted by Crippen LogP contribution is -2.37. The van der Waals surface area contributed by atoms with Gasteiger partial charge in [0.2, 0.25) is 5.91 Å². The van der Waals surface area contributed by atoms with E-state index in [9.17, 15) is 9.59 Å². The van der Waals surface area contributed by atoms with Crippen LogP contribution in [0.15, 0.2) is 60.0 Å². The second-order valence-corrected chi connectivity index (χ2v) is 8.98. The molecule has 1 fully saturated rings.